The molecule has 2 aromatic heterocycles. The minimum absolute atomic E-state index is 0.530. The van der Waals surface area contributed by atoms with Gasteiger partial charge in [0.25, 0.3) is 0 Å². The van der Waals surface area contributed by atoms with Gasteiger partial charge in [-0.15, -0.1) is 0 Å². The fourth-order valence-corrected chi connectivity index (χ4v) is 1.52. The highest BCUT2D eigenvalue weighted by Gasteiger charge is 2.27. The predicted octanol–water partition coefficient (Wildman–Crippen LogP) is 1.57. The van der Waals surface area contributed by atoms with Crippen molar-refractivity contribution in [3.05, 3.63) is 24.2 Å². The van der Waals surface area contributed by atoms with Crippen molar-refractivity contribution in [2.45, 2.75) is 18.8 Å². The molecular weight excluding hydrogens is 192 g/mol. The maximum Gasteiger partial charge on any atom is 0.240 e. The van der Waals surface area contributed by atoms with Gasteiger partial charge in [0.15, 0.2) is 11.5 Å². The molecule has 2 heterocycles. The van der Waals surface area contributed by atoms with Gasteiger partial charge in [0.05, 0.1) is 5.69 Å². The highest BCUT2D eigenvalue weighted by atomic mass is 16.1. The summed E-state index contributed by atoms with van der Waals surface area (Å²) in [4.78, 5) is 18.0. The zero-order valence-electron chi connectivity index (χ0n) is 7.92. The highest BCUT2D eigenvalue weighted by Crippen LogP contribution is 2.38. The van der Waals surface area contributed by atoms with E-state index in [9.17, 15) is 4.79 Å². The number of fused-ring (bicyclic) bond motifs is 1. The summed E-state index contributed by atoms with van der Waals surface area (Å²) in [7, 11) is 0. The van der Waals surface area contributed by atoms with Crippen LogP contribution in [0.3, 0.4) is 0 Å². The lowest BCUT2D eigenvalue weighted by Crippen LogP contribution is -1.86. The van der Waals surface area contributed by atoms with Crippen molar-refractivity contribution in [2.24, 2.45) is 4.99 Å². The Bertz CT molecular complexity index is 564. The van der Waals surface area contributed by atoms with Crippen molar-refractivity contribution in [3.63, 3.8) is 0 Å². The summed E-state index contributed by atoms with van der Waals surface area (Å²) in [5.41, 5.74) is 1.29. The first-order chi connectivity index (χ1) is 7.36. The van der Waals surface area contributed by atoms with Gasteiger partial charge in [-0.2, -0.15) is 10.1 Å². The standard InChI is InChI=1S/C10H8N4O/c15-6-11-8-3-4-14-9(5-8)12-10(13-14)7-1-2-7/h3-5,7H,1-2H2. The van der Waals surface area contributed by atoms with Crippen LogP contribution in [-0.2, 0) is 4.79 Å². The molecule has 2 aromatic rings. The quantitative estimate of drug-likeness (QED) is 0.546. The largest absolute Gasteiger partial charge is 0.240 e. The number of pyridine rings is 1. The number of rotatable bonds is 2. The Labute approximate surface area is 85.5 Å². The van der Waals surface area contributed by atoms with Crippen molar-refractivity contribution in [1.29, 1.82) is 0 Å². The van der Waals surface area contributed by atoms with Crippen molar-refractivity contribution in [2.75, 3.05) is 0 Å². The lowest BCUT2D eigenvalue weighted by atomic mass is 10.4. The number of aromatic nitrogens is 3. The van der Waals surface area contributed by atoms with Crippen LogP contribution in [0.4, 0.5) is 5.69 Å². The summed E-state index contributed by atoms with van der Waals surface area (Å²) in [6.45, 7) is 0. The average Bonchev–Trinajstić information content (AvgIpc) is 2.99. The smallest absolute Gasteiger partial charge is 0.221 e. The van der Waals surface area contributed by atoms with E-state index < -0.39 is 0 Å². The molecule has 0 radical (unpaired) electrons. The highest BCUT2D eigenvalue weighted by molar-refractivity contribution is 5.55. The SMILES string of the molecule is O=C=Nc1ccn2nc(C3CC3)nc2c1. The Morgan fingerprint density at radius 2 is 2.40 bits per heavy atom. The molecule has 5 nitrogen and oxygen atoms in total. The molecular formula is C10H8N4O. The normalized spacial score (nSPS) is 15.2. The fourth-order valence-electron chi connectivity index (χ4n) is 1.52. The van der Waals surface area contributed by atoms with E-state index in [1.54, 1.807) is 22.8 Å². The fraction of sp³-hybridized carbons (Fsp3) is 0.300. The summed E-state index contributed by atoms with van der Waals surface area (Å²) in [6.07, 6.45) is 5.62. The van der Waals surface area contributed by atoms with Gasteiger partial charge >= 0.3 is 0 Å². The van der Waals surface area contributed by atoms with Crippen LogP contribution < -0.4 is 0 Å². The first kappa shape index (κ1) is 8.32. The molecule has 0 N–H and O–H groups in total. The minimum Gasteiger partial charge on any atom is -0.221 e. The molecule has 1 aliphatic carbocycles. The monoisotopic (exact) mass is 200 g/mol. The Hall–Kier alpha value is -2.00. The molecule has 1 aliphatic rings. The molecule has 0 saturated heterocycles. The van der Waals surface area contributed by atoms with Gasteiger partial charge in [-0.3, -0.25) is 0 Å². The van der Waals surface area contributed by atoms with Crippen LogP contribution in [0, 0.1) is 0 Å². The van der Waals surface area contributed by atoms with E-state index in [0.717, 1.165) is 11.5 Å². The van der Waals surface area contributed by atoms with Crippen molar-refractivity contribution >= 4 is 17.4 Å². The van der Waals surface area contributed by atoms with Crippen LogP contribution in [0.25, 0.3) is 5.65 Å². The molecule has 5 heteroatoms. The number of hydrogen-bond acceptors (Lipinski definition) is 4. The van der Waals surface area contributed by atoms with E-state index in [1.807, 2.05) is 0 Å². The average molecular weight is 200 g/mol. The second-order valence-electron chi connectivity index (χ2n) is 3.64. The maximum atomic E-state index is 10.1. The van der Waals surface area contributed by atoms with Gasteiger partial charge < -0.3 is 0 Å². The van der Waals surface area contributed by atoms with Crippen molar-refractivity contribution in [1.82, 2.24) is 14.6 Å². The number of carbonyl (C=O) groups excluding carboxylic acids is 1. The molecule has 15 heavy (non-hydrogen) atoms. The molecule has 0 spiro atoms. The number of hydrogen-bond donors (Lipinski definition) is 0. The third-order valence-corrected chi connectivity index (χ3v) is 2.45. The molecule has 74 valence electrons. The molecule has 0 bridgehead atoms. The summed E-state index contributed by atoms with van der Waals surface area (Å²) < 4.78 is 1.71. The van der Waals surface area contributed by atoms with Crippen molar-refractivity contribution < 1.29 is 4.79 Å². The van der Waals surface area contributed by atoms with Gasteiger partial charge in [-0.1, -0.05) is 0 Å². The van der Waals surface area contributed by atoms with Crippen LogP contribution in [0.1, 0.15) is 24.6 Å². The molecule has 0 aliphatic heterocycles. The first-order valence-electron chi connectivity index (χ1n) is 4.81. The van der Waals surface area contributed by atoms with Gasteiger partial charge in [-0.25, -0.2) is 14.3 Å². The van der Waals surface area contributed by atoms with Crippen molar-refractivity contribution in [3.8, 4) is 0 Å². The minimum atomic E-state index is 0.530. The molecule has 1 saturated carbocycles. The zero-order chi connectivity index (χ0) is 10.3. The summed E-state index contributed by atoms with van der Waals surface area (Å²) in [6, 6.07) is 3.44. The second-order valence-corrected chi connectivity index (χ2v) is 3.64. The lowest BCUT2D eigenvalue weighted by molar-refractivity contribution is 0.565. The van der Waals surface area contributed by atoms with Crippen LogP contribution in [0.2, 0.25) is 0 Å². The van der Waals surface area contributed by atoms with Gasteiger partial charge in [0, 0.05) is 18.2 Å². The lowest BCUT2D eigenvalue weighted by Gasteiger charge is -1.90. The van der Waals surface area contributed by atoms with E-state index in [0.29, 0.717) is 11.6 Å². The Kier molecular flexibility index (Phi) is 1.66. The van der Waals surface area contributed by atoms with E-state index in [2.05, 4.69) is 15.1 Å². The van der Waals surface area contributed by atoms with Crippen LogP contribution in [-0.4, -0.2) is 20.7 Å². The second kappa shape index (κ2) is 3.00. The molecule has 3 rings (SSSR count). The van der Waals surface area contributed by atoms with Crippen LogP contribution in [0.15, 0.2) is 23.3 Å². The number of isocyanates is 1. The topological polar surface area (TPSA) is 59.6 Å². The molecule has 1 fully saturated rings. The Balaban J connectivity index is 2.13. The van der Waals surface area contributed by atoms with E-state index in [4.69, 9.17) is 0 Å². The van der Waals surface area contributed by atoms with Gasteiger partial charge in [-0.05, 0) is 18.9 Å². The third-order valence-electron chi connectivity index (χ3n) is 2.45. The van der Waals surface area contributed by atoms with E-state index in [1.165, 1.54) is 18.9 Å². The Morgan fingerprint density at radius 3 is 3.13 bits per heavy atom. The maximum absolute atomic E-state index is 10.1. The Morgan fingerprint density at radius 1 is 1.53 bits per heavy atom. The van der Waals surface area contributed by atoms with Crippen LogP contribution >= 0.6 is 0 Å². The first-order valence-corrected chi connectivity index (χ1v) is 4.81. The summed E-state index contributed by atoms with van der Waals surface area (Å²) in [5.74, 6) is 1.42. The van der Waals surface area contributed by atoms with Gasteiger partial charge in [0.1, 0.15) is 0 Å². The van der Waals surface area contributed by atoms with E-state index in [-0.39, 0.29) is 0 Å². The molecule has 0 amide bonds. The molecule has 0 atom stereocenters. The predicted molar refractivity (Wildman–Crippen MR) is 52.7 cm³/mol. The molecule has 0 unspecified atom stereocenters. The zero-order valence-corrected chi connectivity index (χ0v) is 7.92. The summed E-state index contributed by atoms with van der Waals surface area (Å²) in [5, 5.41) is 4.34. The number of nitrogens with zero attached hydrogens (tertiary/aromatic N) is 4. The molecule has 0 aromatic carbocycles. The van der Waals surface area contributed by atoms with Crippen LogP contribution in [0.5, 0.6) is 0 Å². The number of aliphatic imine (C=N–C) groups is 1. The van der Waals surface area contributed by atoms with E-state index >= 15 is 0 Å². The summed E-state index contributed by atoms with van der Waals surface area (Å²) >= 11 is 0. The third kappa shape index (κ3) is 1.43. The van der Waals surface area contributed by atoms with Gasteiger partial charge in [0.2, 0.25) is 6.08 Å².